The first-order chi connectivity index (χ1) is 12.1. The highest BCUT2D eigenvalue weighted by atomic mass is 79.9. The van der Waals surface area contributed by atoms with Crippen molar-refractivity contribution in [3.05, 3.63) is 74.6 Å². The Kier molecular flexibility index (Phi) is 4.36. The molecule has 0 amide bonds. The Bertz CT molecular complexity index is 959. The third-order valence-electron chi connectivity index (χ3n) is 4.78. The number of hydrogen-bond donors (Lipinski definition) is 1. The van der Waals surface area contributed by atoms with E-state index in [4.69, 9.17) is 4.42 Å². The van der Waals surface area contributed by atoms with E-state index < -0.39 is 5.63 Å². The Labute approximate surface area is 153 Å². The Balaban J connectivity index is 1.94. The van der Waals surface area contributed by atoms with Crippen LogP contribution in [-0.4, -0.2) is 23.1 Å². The molecule has 1 aliphatic heterocycles. The first-order valence-electron chi connectivity index (χ1n) is 8.39. The van der Waals surface area contributed by atoms with Crippen molar-refractivity contribution in [1.29, 1.82) is 0 Å². The van der Waals surface area contributed by atoms with Crippen molar-refractivity contribution in [3.8, 4) is 5.75 Å². The summed E-state index contributed by atoms with van der Waals surface area (Å²) >= 11 is 3.45. The predicted octanol–water partition coefficient (Wildman–Crippen LogP) is 4.45. The minimum atomic E-state index is -0.476. The number of likely N-dealkylation sites (tertiary alicyclic amines) is 1. The average molecular weight is 400 g/mol. The van der Waals surface area contributed by atoms with E-state index in [-0.39, 0.29) is 11.8 Å². The summed E-state index contributed by atoms with van der Waals surface area (Å²) in [5, 5.41) is 11.4. The van der Waals surface area contributed by atoms with Crippen LogP contribution in [0.2, 0.25) is 0 Å². The molecule has 3 aromatic rings. The molecule has 2 aromatic carbocycles. The van der Waals surface area contributed by atoms with Crippen LogP contribution >= 0.6 is 15.9 Å². The fourth-order valence-electron chi connectivity index (χ4n) is 3.59. The van der Waals surface area contributed by atoms with Crippen LogP contribution in [0, 0.1) is 0 Å². The Morgan fingerprint density at radius 1 is 1.04 bits per heavy atom. The third kappa shape index (κ3) is 2.98. The molecule has 1 unspecified atom stereocenters. The molecule has 0 radical (unpaired) electrons. The normalized spacial score (nSPS) is 16.4. The van der Waals surface area contributed by atoms with Gasteiger partial charge in [0.15, 0.2) is 0 Å². The minimum Gasteiger partial charge on any atom is -0.507 e. The van der Waals surface area contributed by atoms with Crippen LogP contribution in [0.25, 0.3) is 11.0 Å². The third-order valence-corrected chi connectivity index (χ3v) is 5.31. The fourth-order valence-corrected chi connectivity index (χ4v) is 3.86. The summed E-state index contributed by atoms with van der Waals surface area (Å²) in [6, 6.07) is 14.7. The Morgan fingerprint density at radius 2 is 1.72 bits per heavy atom. The van der Waals surface area contributed by atoms with Gasteiger partial charge >= 0.3 is 5.63 Å². The maximum atomic E-state index is 12.7. The molecule has 5 heteroatoms. The average Bonchev–Trinajstić information content (AvgIpc) is 3.14. The highest BCUT2D eigenvalue weighted by molar-refractivity contribution is 9.10. The van der Waals surface area contributed by atoms with Crippen molar-refractivity contribution in [3.63, 3.8) is 0 Å². The van der Waals surface area contributed by atoms with Gasteiger partial charge in [-0.05, 0) is 55.8 Å². The van der Waals surface area contributed by atoms with Crippen molar-refractivity contribution in [1.82, 2.24) is 4.90 Å². The number of rotatable bonds is 3. The summed E-state index contributed by atoms with van der Waals surface area (Å²) in [6.45, 7) is 1.79. The van der Waals surface area contributed by atoms with Crippen molar-refractivity contribution in [2.75, 3.05) is 13.1 Å². The molecular formula is C20H18BrNO3. The van der Waals surface area contributed by atoms with Gasteiger partial charge in [0.05, 0.1) is 11.4 Å². The zero-order chi connectivity index (χ0) is 17.4. The molecule has 2 heterocycles. The lowest BCUT2D eigenvalue weighted by molar-refractivity contribution is 0.269. The molecule has 0 bridgehead atoms. The van der Waals surface area contributed by atoms with Gasteiger partial charge in [-0.1, -0.05) is 40.2 Å². The number of para-hydroxylation sites is 1. The molecule has 0 aliphatic carbocycles. The molecule has 128 valence electrons. The molecule has 0 saturated carbocycles. The number of aromatic hydroxyl groups is 1. The summed E-state index contributed by atoms with van der Waals surface area (Å²) < 4.78 is 6.49. The van der Waals surface area contributed by atoms with Gasteiger partial charge < -0.3 is 9.52 Å². The van der Waals surface area contributed by atoms with Crippen LogP contribution < -0.4 is 5.63 Å². The zero-order valence-electron chi connectivity index (χ0n) is 13.6. The van der Waals surface area contributed by atoms with Gasteiger partial charge in [-0.2, -0.15) is 0 Å². The van der Waals surface area contributed by atoms with E-state index >= 15 is 0 Å². The fraction of sp³-hybridized carbons (Fsp3) is 0.250. The summed E-state index contributed by atoms with van der Waals surface area (Å²) in [5.74, 6) is 0.0201. The van der Waals surface area contributed by atoms with Gasteiger partial charge in [0.25, 0.3) is 0 Å². The maximum absolute atomic E-state index is 12.7. The first-order valence-corrected chi connectivity index (χ1v) is 9.18. The molecule has 0 spiro atoms. The maximum Gasteiger partial charge on any atom is 0.345 e. The van der Waals surface area contributed by atoms with E-state index in [0.717, 1.165) is 36.0 Å². The first kappa shape index (κ1) is 16.4. The molecule has 1 aromatic heterocycles. The second-order valence-electron chi connectivity index (χ2n) is 6.35. The van der Waals surface area contributed by atoms with E-state index in [1.807, 2.05) is 30.3 Å². The summed E-state index contributed by atoms with van der Waals surface area (Å²) in [4.78, 5) is 15.0. The second kappa shape index (κ2) is 6.65. The van der Waals surface area contributed by atoms with E-state index in [0.29, 0.717) is 16.5 Å². The highest BCUT2D eigenvalue weighted by Gasteiger charge is 2.31. The van der Waals surface area contributed by atoms with Crippen molar-refractivity contribution in [2.24, 2.45) is 0 Å². The summed E-state index contributed by atoms with van der Waals surface area (Å²) in [5.41, 5.74) is 1.23. The summed E-state index contributed by atoms with van der Waals surface area (Å²) in [6.07, 6.45) is 2.18. The second-order valence-corrected chi connectivity index (χ2v) is 7.26. The number of benzene rings is 2. The quantitative estimate of drug-likeness (QED) is 0.661. The summed E-state index contributed by atoms with van der Waals surface area (Å²) in [7, 11) is 0. The molecular weight excluding hydrogens is 382 g/mol. The number of halogens is 1. The van der Waals surface area contributed by atoms with E-state index in [1.165, 1.54) is 0 Å². The van der Waals surface area contributed by atoms with Crippen molar-refractivity contribution in [2.45, 2.75) is 18.9 Å². The molecule has 4 rings (SSSR count). The lowest BCUT2D eigenvalue weighted by atomic mass is 9.96. The molecule has 1 fully saturated rings. The molecule has 1 aliphatic rings. The van der Waals surface area contributed by atoms with Crippen LogP contribution in [0.4, 0.5) is 0 Å². The van der Waals surface area contributed by atoms with E-state index in [1.54, 1.807) is 18.2 Å². The Morgan fingerprint density at radius 3 is 2.44 bits per heavy atom. The predicted molar refractivity (Wildman–Crippen MR) is 101 cm³/mol. The highest BCUT2D eigenvalue weighted by Crippen LogP contribution is 2.37. The zero-order valence-corrected chi connectivity index (χ0v) is 15.2. The van der Waals surface area contributed by atoms with Crippen LogP contribution in [0.3, 0.4) is 0 Å². The SMILES string of the molecule is O=c1oc2ccccc2c(O)c1C(c1ccc(Br)cc1)N1CCCC1. The van der Waals surface area contributed by atoms with Crippen LogP contribution in [0.5, 0.6) is 5.75 Å². The molecule has 1 saturated heterocycles. The Hall–Kier alpha value is -2.11. The monoisotopic (exact) mass is 399 g/mol. The van der Waals surface area contributed by atoms with Gasteiger partial charge in [0.2, 0.25) is 0 Å². The molecule has 25 heavy (non-hydrogen) atoms. The molecule has 1 atom stereocenters. The van der Waals surface area contributed by atoms with Gasteiger partial charge in [0, 0.05) is 4.47 Å². The number of fused-ring (bicyclic) bond motifs is 1. The largest absolute Gasteiger partial charge is 0.507 e. The van der Waals surface area contributed by atoms with Crippen molar-refractivity contribution < 1.29 is 9.52 Å². The van der Waals surface area contributed by atoms with Gasteiger partial charge in [-0.3, -0.25) is 4.90 Å². The topological polar surface area (TPSA) is 53.7 Å². The standard InChI is InChI=1S/C20H18BrNO3/c21-14-9-7-13(8-10-14)18(22-11-3-4-12-22)17-19(23)15-5-1-2-6-16(15)25-20(17)24/h1-2,5-10,18,23H,3-4,11-12H2. The van der Waals surface area contributed by atoms with Crippen LogP contribution in [-0.2, 0) is 0 Å². The minimum absolute atomic E-state index is 0.0201. The van der Waals surface area contributed by atoms with E-state index in [9.17, 15) is 9.90 Å². The van der Waals surface area contributed by atoms with Gasteiger partial charge in [-0.15, -0.1) is 0 Å². The van der Waals surface area contributed by atoms with Crippen LogP contribution in [0.15, 0.2) is 62.2 Å². The van der Waals surface area contributed by atoms with Crippen molar-refractivity contribution >= 4 is 26.9 Å². The van der Waals surface area contributed by atoms with Gasteiger partial charge in [-0.25, -0.2) is 4.79 Å². The van der Waals surface area contributed by atoms with Crippen LogP contribution in [0.1, 0.15) is 30.0 Å². The molecule has 1 N–H and O–H groups in total. The lowest BCUT2D eigenvalue weighted by Gasteiger charge is -2.28. The van der Waals surface area contributed by atoms with Gasteiger partial charge in [0.1, 0.15) is 16.9 Å². The number of hydrogen-bond acceptors (Lipinski definition) is 4. The molecule has 4 nitrogen and oxygen atoms in total. The van der Waals surface area contributed by atoms with E-state index in [2.05, 4.69) is 20.8 Å². The smallest absolute Gasteiger partial charge is 0.345 e. The lowest BCUT2D eigenvalue weighted by Crippen LogP contribution is -2.30. The number of nitrogens with zero attached hydrogens (tertiary/aromatic N) is 1.